The van der Waals surface area contributed by atoms with Crippen LogP contribution in [0, 0.1) is 0 Å². The standard InChI is InChI=1S/C14H23N3O3/c1-15-13-12(6-4-7-16-13)14(18)17(9-11-20-3)8-5-10-19-2/h4,6-7H,5,8-11H2,1-3H3,(H,15,16). The molecule has 1 rings (SSSR count). The zero-order valence-electron chi connectivity index (χ0n) is 12.4. The Morgan fingerprint density at radius 3 is 2.70 bits per heavy atom. The number of pyridine rings is 1. The van der Waals surface area contributed by atoms with E-state index in [0.717, 1.165) is 6.42 Å². The molecule has 0 atom stereocenters. The van der Waals surface area contributed by atoms with Crippen LogP contribution in [0.1, 0.15) is 16.8 Å². The smallest absolute Gasteiger partial charge is 0.257 e. The van der Waals surface area contributed by atoms with Gasteiger partial charge in [-0.1, -0.05) is 0 Å². The number of aromatic nitrogens is 1. The summed E-state index contributed by atoms with van der Waals surface area (Å²) in [6.45, 7) is 2.32. The Morgan fingerprint density at radius 1 is 1.30 bits per heavy atom. The molecule has 0 radical (unpaired) electrons. The van der Waals surface area contributed by atoms with Crippen molar-refractivity contribution in [3.63, 3.8) is 0 Å². The summed E-state index contributed by atoms with van der Waals surface area (Å²) < 4.78 is 10.1. The Labute approximate surface area is 120 Å². The van der Waals surface area contributed by atoms with Gasteiger partial charge in [0.15, 0.2) is 0 Å². The summed E-state index contributed by atoms with van der Waals surface area (Å²) in [5.41, 5.74) is 0.573. The largest absolute Gasteiger partial charge is 0.385 e. The van der Waals surface area contributed by atoms with Crippen molar-refractivity contribution in [2.45, 2.75) is 6.42 Å². The van der Waals surface area contributed by atoms with Crippen LogP contribution in [0.25, 0.3) is 0 Å². The van der Waals surface area contributed by atoms with Crippen molar-refractivity contribution in [2.75, 3.05) is 52.9 Å². The lowest BCUT2D eigenvalue weighted by Crippen LogP contribution is -2.35. The van der Waals surface area contributed by atoms with Gasteiger partial charge in [0.05, 0.1) is 12.2 Å². The molecule has 0 aliphatic carbocycles. The van der Waals surface area contributed by atoms with E-state index in [-0.39, 0.29) is 5.91 Å². The maximum atomic E-state index is 12.6. The highest BCUT2D eigenvalue weighted by Crippen LogP contribution is 2.14. The van der Waals surface area contributed by atoms with E-state index in [0.29, 0.717) is 37.7 Å². The second kappa shape index (κ2) is 9.28. The van der Waals surface area contributed by atoms with Crippen LogP contribution in [0.2, 0.25) is 0 Å². The number of nitrogens with one attached hydrogen (secondary N) is 1. The van der Waals surface area contributed by atoms with Crippen LogP contribution < -0.4 is 5.32 Å². The van der Waals surface area contributed by atoms with Crippen LogP contribution in [0.15, 0.2) is 18.3 Å². The molecule has 1 aromatic rings. The van der Waals surface area contributed by atoms with Gasteiger partial charge in [-0.25, -0.2) is 4.98 Å². The Bertz CT molecular complexity index is 412. The molecular weight excluding hydrogens is 258 g/mol. The van der Waals surface area contributed by atoms with E-state index in [9.17, 15) is 4.79 Å². The van der Waals surface area contributed by atoms with E-state index in [1.54, 1.807) is 44.5 Å². The maximum Gasteiger partial charge on any atom is 0.257 e. The Kier molecular flexibility index (Phi) is 7.60. The predicted octanol–water partition coefficient (Wildman–Crippen LogP) is 1.25. The average molecular weight is 281 g/mol. The first-order valence-electron chi connectivity index (χ1n) is 6.64. The second-order valence-corrected chi connectivity index (χ2v) is 4.28. The molecule has 0 spiro atoms. The molecule has 1 aromatic heterocycles. The third-order valence-corrected chi connectivity index (χ3v) is 2.90. The van der Waals surface area contributed by atoms with Gasteiger partial charge in [0.2, 0.25) is 0 Å². The molecule has 6 heteroatoms. The summed E-state index contributed by atoms with van der Waals surface area (Å²) in [7, 11) is 5.03. The second-order valence-electron chi connectivity index (χ2n) is 4.28. The number of methoxy groups -OCH3 is 2. The molecule has 1 amide bonds. The van der Waals surface area contributed by atoms with Gasteiger partial charge in [-0.2, -0.15) is 0 Å². The molecular formula is C14H23N3O3. The first kappa shape index (κ1) is 16.4. The monoisotopic (exact) mass is 281 g/mol. The number of hydrogen-bond donors (Lipinski definition) is 1. The molecule has 0 bridgehead atoms. The molecule has 0 saturated heterocycles. The lowest BCUT2D eigenvalue weighted by Gasteiger charge is -2.23. The lowest BCUT2D eigenvalue weighted by molar-refractivity contribution is 0.0675. The fourth-order valence-electron chi connectivity index (χ4n) is 1.86. The van der Waals surface area contributed by atoms with Gasteiger partial charge in [0.1, 0.15) is 5.82 Å². The molecule has 1 N–H and O–H groups in total. The molecule has 1 heterocycles. The number of carbonyl (C=O) groups excluding carboxylic acids is 1. The minimum atomic E-state index is -0.0457. The van der Waals surface area contributed by atoms with Crippen molar-refractivity contribution >= 4 is 11.7 Å². The van der Waals surface area contributed by atoms with Crippen LogP contribution in [0.5, 0.6) is 0 Å². The maximum absolute atomic E-state index is 12.6. The topological polar surface area (TPSA) is 63.7 Å². The highest BCUT2D eigenvalue weighted by atomic mass is 16.5. The van der Waals surface area contributed by atoms with Gasteiger partial charge in [0.25, 0.3) is 5.91 Å². The number of anilines is 1. The molecule has 6 nitrogen and oxygen atoms in total. The van der Waals surface area contributed by atoms with Crippen LogP contribution in [0.3, 0.4) is 0 Å². The molecule has 0 aliphatic rings. The zero-order chi connectivity index (χ0) is 14.8. The van der Waals surface area contributed by atoms with E-state index in [4.69, 9.17) is 9.47 Å². The van der Waals surface area contributed by atoms with Gasteiger partial charge >= 0.3 is 0 Å². The SMILES string of the molecule is CNc1ncccc1C(=O)N(CCCOC)CCOC. The van der Waals surface area contributed by atoms with Crippen LogP contribution in [0.4, 0.5) is 5.82 Å². The van der Waals surface area contributed by atoms with Gasteiger partial charge in [-0.15, -0.1) is 0 Å². The summed E-state index contributed by atoms with van der Waals surface area (Å²) in [6.07, 6.45) is 2.45. The average Bonchev–Trinajstić information content (AvgIpc) is 2.50. The van der Waals surface area contributed by atoms with Crippen molar-refractivity contribution in [1.82, 2.24) is 9.88 Å². The summed E-state index contributed by atoms with van der Waals surface area (Å²) in [4.78, 5) is 18.5. The lowest BCUT2D eigenvalue weighted by atomic mass is 10.2. The number of hydrogen-bond acceptors (Lipinski definition) is 5. The summed E-state index contributed by atoms with van der Waals surface area (Å²) in [5.74, 6) is 0.544. The van der Waals surface area contributed by atoms with Crippen molar-refractivity contribution in [2.24, 2.45) is 0 Å². The molecule has 112 valence electrons. The van der Waals surface area contributed by atoms with Gasteiger partial charge in [-0.3, -0.25) is 4.79 Å². The number of amides is 1. The van der Waals surface area contributed by atoms with Gasteiger partial charge < -0.3 is 19.7 Å². The van der Waals surface area contributed by atoms with E-state index in [1.807, 2.05) is 0 Å². The van der Waals surface area contributed by atoms with E-state index < -0.39 is 0 Å². The van der Waals surface area contributed by atoms with Crippen LogP contribution >= 0.6 is 0 Å². The highest BCUT2D eigenvalue weighted by molar-refractivity contribution is 5.98. The molecule has 0 aliphatic heterocycles. The third kappa shape index (κ3) is 4.79. The van der Waals surface area contributed by atoms with E-state index >= 15 is 0 Å². The van der Waals surface area contributed by atoms with Crippen molar-refractivity contribution < 1.29 is 14.3 Å². The third-order valence-electron chi connectivity index (χ3n) is 2.90. The van der Waals surface area contributed by atoms with Crippen molar-refractivity contribution in [3.05, 3.63) is 23.9 Å². The fourth-order valence-corrected chi connectivity index (χ4v) is 1.86. The minimum Gasteiger partial charge on any atom is -0.385 e. The number of nitrogens with zero attached hydrogens (tertiary/aromatic N) is 2. The van der Waals surface area contributed by atoms with Gasteiger partial charge in [0, 0.05) is 47.2 Å². The molecule has 20 heavy (non-hydrogen) atoms. The summed E-state index contributed by atoms with van der Waals surface area (Å²) in [5, 5.41) is 2.94. The highest BCUT2D eigenvalue weighted by Gasteiger charge is 2.18. The van der Waals surface area contributed by atoms with Crippen LogP contribution in [-0.4, -0.2) is 63.4 Å². The Balaban J connectivity index is 2.79. The van der Waals surface area contributed by atoms with Crippen LogP contribution in [-0.2, 0) is 9.47 Å². The normalized spacial score (nSPS) is 10.3. The predicted molar refractivity (Wildman–Crippen MR) is 78.1 cm³/mol. The zero-order valence-corrected chi connectivity index (χ0v) is 12.4. The summed E-state index contributed by atoms with van der Waals surface area (Å²) in [6, 6.07) is 3.54. The molecule has 0 aromatic carbocycles. The number of rotatable bonds is 9. The number of ether oxygens (including phenoxy) is 2. The number of carbonyl (C=O) groups is 1. The van der Waals surface area contributed by atoms with Crippen molar-refractivity contribution in [1.29, 1.82) is 0 Å². The first-order valence-corrected chi connectivity index (χ1v) is 6.64. The minimum absolute atomic E-state index is 0.0457. The molecule has 0 fully saturated rings. The molecule has 0 saturated carbocycles. The first-order chi connectivity index (χ1) is 9.74. The van der Waals surface area contributed by atoms with E-state index in [1.165, 1.54) is 0 Å². The van der Waals surface area contributed by atoms with Gasteiger partial charge in [-0.05, 0) is 18.6 Å². The Hall–Kier alpha value is -1.66. The molecule has 0 unspecified atom stereocenters. The van der Waals surface area contributed by atoms with E-state index in [2.05, 4.69) is 10.3 Å². The quantitative estimate of drug-likeness (QED) is 0.690. The fraction of sp³-hybridized carbons (Fsp3) is 0.571. The Morgan fingerprint density at radius 2 is 2.05 bits per heavy atom. The van der Waals surface area contributed by atoms with Crippen molar-refractivity contribution in [3.8, 4) is 0 Å². The summed E-state index contributed by atoms with van der Waals surface area (Å²) >= 11 is 0.